The summed E-state index contributed by atoms with van der Waals surface area (Å²) in [5.41, 5.74) is 1.24. The zero-order valence-electron chi connectivity index (χ0n) is 13.6. The van der Waals surface area contributed by atoms with Crippen LogP contribution in [0.1, 0.15) is 25.2 Å². The first-order chi connectivity index (χ1) is 10.1. The molecule has 0 bridgehead atoms. The summed E-state index contributed by atoms with van der Waals surface area (Å²) in [5, 5.41) is 3.46. The monoisotopic (exact) mass is 296 g/mol. The summed E-state index contributed by atoms with van der Waals surface area (Å²) in [5.74, 6) is 1.70. The quantitative estimate of drug-likeness (QED) is 0.793. The lowest BCUT2D eigenvalue weighted by molar-refractivity contribution is -0.00461. The lowest BCUT2D eigenvalue weighted by Crippen LogP contribution is -2.27. The van der Waals surface area contributed by atoms with Gasteiger partial charge in [0.1, 0.15) is 5.76 Å². The third-order valence-electron chi connectivity index (χ3n) is 3.97. The van der Waals surface area contributed by atoms with E-state index >= 15 is 0 Å². The summed E-state index contributed by atoms with van der Waals surface area (Å²) in [4.78, 5) is 2.33. The van der Waals surface area contributed by atoms with Crippen molar-refractivity contribution in [2.45, 2.75) is 39.1 Å². The maximum Gasteiger partial charge on any atom is 0.122 e. The van der Waals surface area contributed by atoms with E-state index in [9.17, 15) is 0 Å². The van der Waals surface area contributed by atoms with Crippen molar-refractivity contribution in [1.29, 1.82) is 0 Å². The molecule has 2 unspecified atom stereocenters. The standard InChI is InChI=1S/C16H28N2O3/c1-12(2)7-17-8-13-5-6-21-14(13)9-18-10-15(19-3)16(11-18)20-4/h5-6,12,15-17H,7-11H2,1-4H3. The Morgan fingerprint density at radius 2 is 1.95 bits per heavy atom. The number of hydrogen-bond donors (Lipinski definition) is 1. The van der Waals surface area contributed by atoms with Crippen LogP contribution in [0.15, 0.2) is 16.7 Å². The van der Waals surface area contributed by atoms with Gasteiger partial charge < -0.3 is 19.2 Å². The second-order valence-corrected chi connectivity index (χ2v) is 6.14. The molecule has 1 aromatic heterocycles. The van der Waals surface area contributed by atoms with Crippen molar-refractivity contribution >= 4 is 0 Å². The Kier molecular flexibility index (Phi) is 6.23. The van der Waals surface area contributed by atoms with Crippen molar-refractivity contribution in [1.82, 2.24) is 10.2 Å². The largest absolute Gasteiger partial charge is 0.468 e. The van der Waals surface area contributed by atoms with Crippen molar-refractivity contribution in [2.75, 3.05) is 33.9 Å². The Bertz CT molecular complexity index is 407. The fraction of sp³-hybridized carbons (Fsp3) is 0.750. The molecule has 21 heavy (non-hydrogen) atoms. The highest BCUT2D eigenvalue weighted by Gasteiger charge is 2.33. The Balaban J connectivity index is 1.87. The molecule has 120 valence electrons. The van der Waals surface area contributed by atoms with Gasteiger partial charge >= 0.3 is 0 Å². The predicted molar refractivity (Wildman–Crippen MR) is 82.1 cm³/mol. The van der Waals surface area contributed by atoms with E-state index in [1.54, 1.807) is 20.5 Å². The molecule has 0 aromatic carbocycles. The molecule has 0 radical (unpaired) electrons. The first-order valence-corrected chi connectivity index (χ1v) is 7.68. The minimum atomic E-state index is 0.146. The zero-order chi connectivity index (χ0) is 15.2. The number of rotatable bonds is 8. The fourth-order valence-electron chi connectivity index (χ4n) is 2.76. The number of methoxy groups -OCH3 is 2. The van der Waals surface area contributed by atoms with Gasteiger partial charge in [0.05, 0.1) is 25.0 Å². The second kappa shape index (κ2) is 7.94. The molecule has 1 aliphatic heterocycles. The van der Waals surface area contributed by atoms with E-state index in [1.807, 2.05) is 0 Å². The van der Waals surface area contributed by atoms with Crippen LogP contribution >= 0.6 is 0 Å². The summed E-state index contributed by atoms with van der Waals surface area (Å²) in [7, 11) is 3.49. The summed E-state index contributed by atoms with van der Waals surface area (Å²) in [6.07, 6.45) is 2.07. The Hall–Kier alpha value is -0.880. The van der Waals surface area contributed by atoms with Crippen LogP contribution in [0.4, 0.5) is 0 Å². The lowest BCUT2D eigenvalue weighted by atomic mass is 10.2. The van der Waals surface area contributed by atoms with Gasteiger partial charge in [0.15, 0.2) is 0 Å². The van der Waals surface area contributed by atoms with E-state index in [0.717, 1.165) is 38.5 Å². The highest BCUT2D eigenvalue weighted by molar-refractivity contribution is 5.17. The molecule has 0 spiro atoms. The Morgan fingerprint density at radius 3 is 2.52 bits per heavy atom. The van der Waals surface area contributed by atoms with Gasteiger partial charge in [0.25, 0.3) is 0 Å². The SMILES string of the molecule is COC1CN(Cc2occc2CNCC(C)C)CC1OC. The number of furan rings is 1. The van der Waals surface area contributed by atoms with Crippen LogP contribution in [0.3, 0.4) is 0 Å². The highest BCUT2D eigenvalue weighted by atomic mass is 16.5. The van der Waals surface area contributed by atoms with E-state index in [4.69, 9.17) is 13.9 Å². The van der Waals surface area contributed by atoms with E-state index in [0.29, 0.717) is 5.92 Å². The molecule has 0 saturated carbocycles. The maximum atomic E-state index is 5.66. The van der Waals surface area contributed by atoms with Crippen LogP contribution in [0.2, 0.25) is 0 Å². The van der Waals surface area contributed by atoms with Crippen LogP contribution in [-0.2, 0) is 22.6 Å². The summed E-state index contributed by atoms with van der Waals surface area (Å²) in [6, 6.07) is 2.06. The molecule has 1 aromatic rings. The smallest absolute Gasteiger partial charge is 0.122 e. The van der Waals surface area contributed by atoms with Crippen LogP contribution in [0.5, 0.6) is 0 Å². The van der Waals surface area contributed by atoms with Crippen molar-refractivity contribution in [3.8, 4) is 0 Å². The molecule has 1 fully saturated rings. The second-order valence-electron chi connectivity index (χ2n) is 6.14. The minimum absolute atomic E-state index is 0.146. The average Bonchev–Trinajstić information content (AvgIpc) is 3.05. The molecule has 2 heterocycles. The summed E-state index contributed by atoms with van der Waals surface area (Å²) in [6.45, 7) is 8.88. The van der Waals surface area contributed by atoms with Crippen molar-refractivity contribution in [3.05, 3.63) is 23.7 Å². The van der Waals surface area contributed by atoms with E-state index in [-0.39, 0.29) is 12.2 Å². The number of hydrogen-bond acceptors (Lipinski definition) is 5. The maximum absolute atomic E-state index is 5.66. The van der Waals surface area contributed by atoms with Gasteiger partial charge in [0.2, 0.25) is 0 Å². The fourth-order valence-corrected chi connectivity index (χ4v) is 2.76. The highest BCUT2D eigenvalue weighted by Crippen LogP contribution is 2.20. The molecule has 1 saturated heterocycles. The summed E-state index contributed by atoms with van der Waals surface area (Å²) < 4.78 is 16.6. The van der Waals surface area contributed by atoms with Crippen LogP contribution in [-0.4, -0.2) is 51.0 Å². The van der Waals surface area contributed by atoms with Gasteiger partial charge in [-0.2, -0.15) is 0 Å². The van der Waals surface area contributed by atoms with Crippen molar-refractivity contribution < 1.29 is 13.9 Å². The lowest BCUT2D eigenvalue weighted by Gasteiger charge is -2.15. The molecule has 0 aliphatic carbocycles. The van der Waals surface area contributed by atoms with E-state index in [1.165, 1.54) is 5.56 Å². The molecule has 5 nitrogen and oxygen atoms in total. The first-order valence-electron chi connectivity index (χ1n) is 7.68. The van der Waals surface area contributed by atoms with E-state index < -0.39 is 0 Å². The zero-order valence-corrected chi connectivity index (χ0v) is 13.6. The van der Waals surface area contributed by atoms with Gasteiger partial charge in [0, 0.05) is 39.4 Å². The number of ether oxygens (including phenoxy) is 2. The van der Waals surface area contributed by atoms with Crippen molar-refractivity contribution in [2.24, 2.45) is 5.92 Å². The molecule has 1 aliphatic rings. The van der Waals surface area contributed by atoms with Crippen LogP contribution in [0, 0.1) is 5.92 Å². The molecule has 5 heteroatoms. The number of nitrogens with zero attached hydrogens (tertiary/aromatic N) is 1. The normalized spacial score (nSPS) is 23.3. The van der Waals surface area contributed by atoms with Gasteiger partial charge in [-0.15, -0.1) is 0 Å². The number of likely N-dealkylation sites (tertiary alicyclic amines) is 1. The average molecular weight is 296 g/mol. The van der Waals surface area contributed by atoms with Gasteiger partial charge in [-0.05, 0) is 18.5 Å². The molecule has 1 N–H and O–H groups in total. The Labute approximate surface area is 127 Å². The molecule has 0 amide bonds. The Morgan fingerprint density at radius 1 is 1.29 bits per heavy atom. The van der Waals surface area contributed by atoms with Crippen LogP contribution < -0.4 is 5.32 Å². The van der Waals surface area contributed by atoms with E-state index in [2.05, 4.69) is 30.1 Å². The van der Waals surface area contributed by atoms with Crippen LogP contribution in [0.25, 0.3) is 0 Å². The third kappa shape index (κ3) is 4.54. The molecular formula is C16H28N2O3. The van der Waals surface area contributed by atoms with Crippen molar-refractivity contribution in [3.63, 3.8) is 0 Å². The van der Waals surface area contributed by atoms with Gasteiger partial charge in [-0.25, -0.2) is 0 Å². The number of nitrogens with one attached hydrogen (secondary N) is 1. The third-order valence-corrected chi connectivity index (χ3v) is 3.97. The van der Waals surface area contributed by atoms with Gasteiger partial charge in [-0.1, -0.05) is 13.8 Å². The molecular weight excluding hydrogens is 268 g/mol. The summed E-state index contributed by atoms with van der Waals surface area (Å²) >= 11 is 0. The topological polar surface area (TPSA) is 46.9 Å². The van der Waals surface area contributed by atoms with Gasteiger partial charge in [-0.3, -0.25) is 4.90 Å². The minimum Gasteiger partial charge on any atom is -0.468 e. The molecule has 2 rings (SSSR count). The molecule has 2 atom stereocenters. The first kappa shape index (κ1) is 16.5. The predicted octanol–water partition coefficient (Wildman–Crippen LogP) is 1.87.